The van der Waals surface area contributed by atoms with E-state index < -0.39 is 5.60 Å². The number of hydrogen-bond acceptors (Lipinski definition) is 7. The van der Waals surface area contributed by atoms with Crippen LogP contribution in [0.2, 0.25) is 0 Å². The van der Waals surface area contributed by atoms with E-state index in [4.69, 9.17) is 4.74 Å². The molecule has 2 aliphatic carbocycles. The van der Waals surface area contributed by atoms with Crippen LogP contribution in [0.5, 0.6) is 5.88 Å². The summed E-state index contributed by atoms with van der Waals surface area (Å²) in [6.07, 6.45) is 7.57. The molecule has 1 aliphatic heterocycles. The van der Waals surface area contributed by atoms with Gasteiger partial charge in [0.05, 0.1) is 24.8 Å². The van der Waals surface area contributed by atoms with Crippen molar-refractivity contribution >= 4 is 17.9 Å². The van der Waals surface area contributed by atoms with Crippen LogP contribution >= 0.6 is 0 Å². The van der Waals surface area contributed by atoms with Crippen molar-refractivity contribution in [1.29, 1.82) is 0 Å². The molecule has 10 heteroatoms. The Balaban J connectivity index is 1.30. The van der Waals surface area contributed by atoms with Gasteiger partial charge >= 0.3 is 6.03 Å². The number of urea groups is 1. The fourth-order valence-corrected chi connectivity index (χ4v) is 6.57. The van der Waals surface area contributed by atoms with Gasteiger partial charge in [-0.2, -0.15) is 4.98 Å². The smallest absolute Gasteiger partial charge is 0.320 e. The lowest BCUT2D eigenvalue weighted by Gasteiger charge is -2.52. The quantitative estimate of drug-likeness (QED) is 0.506. The average Bonchev–Trinajstić information content (AvgIpc) is 3.17. The molecular weight excluding hydrogens is 496 g/mol. The summed E-state index contributed by atoms with van der Waals surface area (Å²) >= 11 is 0. The minimum atomic E-state index is -0.810. The van der Waals surface area contributed by atoms with Crippen LogP contribution in [0.25, 0.3) is 0 Å². The summed E-state index contributed by atoms with van der Waals surface area (Å²) in [6.45, 7) is 1.21. The van der Waals surface area contributed by atoms with Crippen molar-refractivity contribution in [3.05, 3.63) is 48.2 Å². The zero-order valence-electron chi connectivity index (χ0n) is 23.2. The van der Waals surface area contributed by atoms with Crippen LogP contribution in [0.15, 0.2) is 42.6 Å². The molecule has 39 heavy (non-hydrogen) atoms. The van der Waals surface area contributed by atoms with Gasteiger partial charge in [-0.1, -0.05) is 30.3 Å². The number of rotatable bonds is 9. The van der Waals surface area contributed by atoms with Crippen molar-refractivity contribution in [3.63, 3.8) is 0 Å². The number of carbonyl (C=O) groups is 2. The summed E-state index contributed by atoms with van der Waals surface area (Å²) in [4.78, 5) is 40.7. The Hall–Kier alpha value is -3.24. The largest absolute Gasteiger partial charge is 0.481 e. The van der Waals surface area contributed by atoms with E-state index >= 15 is 0 Å². The van der Waals surface area contributed by atoms with Gasteiger partial charge in [0.1, 0.15) is 0 Å². The number of benzene rings is 1. The predicted octanol–water partition coefficient (Wildman–Crippen LogP) is 3.24. The van der Waals surface area contributed by atoms with Crippen LogP contribution in [0.3, 0.4) is 0 Å². The van der Waals surface area contributed by atoms with Gasteiger partial charge < -0.3 is 19.6 Å². The van der Waals surface area contributed by atoms with E-state index in [2.05, 4.69) is 58.5 Å². The van der Waals surface area contributed by atoms with Gasteiger partial charge in [0.15, 0.2) is 0 Å². The van der Waals surface area contributed by atoms with Gasteiger partial charge in [-0.05, 0) is 64.6 Å². The van der Waals surface area contributed by atoms with Crippen LogP contribution in [0, 0.1) is 0 Å². The summed E-state index contributed by atoms with van der Waals surface area (Å²) < 4.78 is 5.09. The SMILES string of the molecule is COc1ccnc(NC(=O)CCN2CC3(CCC(c4ccccc4)(N(C)C)CC3)N(CC3(O)CCC3)C2=O)n1. The Labute approximate surface area is 230 Å². The second-order valence-corrected chi connectivity index (χ2v) is 11.6. The molecule has 2 saturated carbocycles. The molecule has 0 radical (unpaired) electrons. The molecule has 2 aromatic rings. The molecule has 0 unspecified atom stereocenters. The first-order chi connectivity index (χ1) is 18.7. The number of aliphatic hydroxyl groups is 1. The predicted molar refractivity (Wildman–Crippen MR) is 147 cm³/mol. The number of hydrogen-bond donors (Lipinski definition) is 2. The van der Waals surface area contributed by atoms with Gasteiger partial charge in [-0.15, -0.1) is 0 Å². The number of ether oxygens (including phenoxy) is 1. The van der Waals surface area contributed by atoms with E-state index in [-0.39, 0.29) is 35.4 Å². The molecule has 1 saturated heterocycles. The highest BCUT2D eigenvalue weighted by Gasteiger charge is 2.56. The van der Waals surface area contributed by atoms with Crippen molar-refractivity contribution in [2.75, 3.05) is 46.2 Å². The van der Waals surface area contributed by atoms with Gasteiger partial charge in [0.2, 0.25) is 17.7 Å². The zero-order chi connectivity index (χ0) is 27.7. The van der Waals surface area contributed by atoms with Crippen LogP contribution in [0.1, 0.15) is 56.9 Å². The zero-order valence-corrected chi connectivity index (χ0v) is 23.2. The maximum Gasteiger partial charge on any atom is 0.320 e. The van der Waals surface area contributed by atoms with E-state index in [0.29, 0.717) is 25.5 Å². The molecule has 1 aromatic heterocycles. The van der Waals surface area contributed by atoms with Crippen molar-refractivity contribution in [3.8, 4) is 5.88 Å². The van der Waals surface area contributed by atoms with Crippen LogP contribution in [0.4, 0.5) is 10.7 Å². The summed E-state index contributed by atoms with van der Waals surface area (Å²) in [5, 5.41) is 13.8. The molecule has 2 N–H and O–H groups in total. The van der Waals surface area contributed by atoms with E-state index in [9.17, 15) is 14.7 Å². The lowest BCUT2D eigenvalue weighted by atomic mass is 9.67. The Morgan fingerprint density at radius 3 is 2.44 bits per heavy atom. The molecule has 3 fully saturated rings. The maximum absolute atomic E-state index is 13.8. The molecule has 1 aromatic carbocycles. The number of nitrogens with zero attached hydrogens (tertiary/aromatic N) is 5. The monoisotopic (exact) mass is 536 g/mol. The van der Waals surface area contributed by atoms with Gasteiger partial charge in [0.25, 0.3) is 0 Å². The molecule has 10 nitrogen and oxygen atoms in total. The Bertz CT molecular complexity index is 1180. The normalized spacial score (nSPS) is 26.1. The second kappa shape index (κ2) is 10.7. The number of nitrogens with one attached hydrogen (secondary N) is 1. The minimum absolute atomic E-state index is 0.0854. The van der Waals surface area contributed by atoms with E-state index in [1.165, 1.54) is 18.9 Å². The van der Waals surface area contributed by atoms with Crippen LogP contribution < -0.4 is 10.1 Å². The van der Waals surface area contributed by atoms with E-state index in [0.717, 1.165) is 44.9 Å². The first-order valence-electron chi connectivity index (χ1n) is 13.9. The fourth-order valence-electron chi connectivity index (χ4n) is 6.57. The van der Waals surface area contributed by atoms with E-state index in [1.54, 1.807) is 11.0 Å². The highest BCUT2D eigenvalue weighted by molar-refractivity contribution is 5.89. The lowest BCUT2D eigenvalue weighted by Crippen LogP contribution is -2.59. The molecule has 210 valence electrons. The van der Waals surface area contributed by atoms with Crippen LogP contribution in [-0.4, -0.2) is 93.7 Å². The number of amides is 3. The lowest BCUT2D eigenvalue weighted by molar-refractivity contribution is -0.116. The van der Waals surface area contributed by atoms with Gasteiger partial charge in [0, 0.05) is 37.3 Å². The average molecular weight is 537 g/mol. The molecule has 3 aliphatic rings. The number of carbonyl (C=O) groups excluding carboxylic acids is 2. The Morgan fingerprint density at radius 1 is 1.10 bits per heavy atom. The van der Waals surface area contributed by atoms with Crippen molar-refractivity contribution < 1.29 is 19.4 Å². The standard InChI is InChI=1S/C29H40N6O4/c1-33(2)29(22-8-5-4-6-9-22)16-14-27(15-17-29)20-34(26(37)35(27)21-28(38)12-7-13-28)19-11-23(36)31-25-30-18-10-24(32-25)39-3/h4-6,8-10,18,38H,7,11-17,19-21H2,1-3H3,(H,30,31,32,36). The molecular formula is C29H40N6O4. The first-order valence-corrected chi connectivity index (χ1v) is 13.9. The van der Waals surface area contributed by atoms with Crippen molar-refractivity contribution in [1.82, 2.24) is 24.7 Å². The molecule has 1 spiro atoms. The molecule has 5 rings (SSSR count). The fraction of sp³-hybridized carbons (Fsp3) is 0.586. The highest BCUT2D eigenvalue weighted by atomic mass is 16.5. The maximum atomic E-state index is 13.8. The summed E-state index contributed by atoms with van der Waals surface area (Å²) in [6, 6.07) is 12.1. The van der Waals surface area contributed by atoms with Gasteiger partial charge in [-0.25, -0.2) is 9.78 Å². The van der Waals surface area contributed by atoms with Crippen molar-refractivity contribution in [2.45, 2.75) is 68.0 Å². The van der Waals surface area contributed by atoms with Gasteiger partial charge in [-0.3, -0.25) is 15.0 Å². The molecule has 3 amide bonds. The molecule has 2 heterocycles. The molecule has 0 atom stereocenters. The number of methoxy groups -OCH3 is 1. The minimum Gasteiger partial charge on any atom is -0.481 e. The topological polar surface area (TPSA) is 111 Å². The van der Waals surface area contributed by atoms with Crippen LogP contribution in [-0.2, 0) is 10.3 Å². The number of β-amino-alcohol motifs (C(OH)–C–C–N with tert-alkyl or cyclic N) is 1. The second-order valence-electron chi connectivity index (χ2n) is 11.6. The third kappa shape index (κ3) is 5.32. The van der Waals surface area contributed by atoms with E-state index in [1.807, 2.05) is 11.0 Å². The summed E-state index contributed by atoms with van der Waals surface area (Å²) in [5.41, 5.74) is 0.0309. The number of anilines is 1. The number of aromatic nitrogens is 2. The summed E-state index contributed by atoms with van der Waals surface area (Å²) in [7, 11) is 5.77. The van der Waals surface area contributed by atoms with Crippen molar-refractivity contribution in [2.24, 2.45) is 0 Å². The third-order valence-corrected chi connectivity index (χ3v) is 9.17. The Kier molecular flexibility index (Phi) is 7.52. The Morgan fingerprint density at radius 2 is 1.82 bits per heavy atom. The third-order valence-electron chi connectivity index (χ3n) is 9.17. The highest BCUT2D eigenvalue weighted by Crippen LogP contribution is 2.50. The molecule has 0 bridgehead atoms. The summed E-state index contributed by atoms with van der Waals surface area (Å²) in [5.74, 6) is 0.272. The first kappa shape index (κ1) is 27.3.